The van der Waals surface area contributed by atoms with Crippen LogP contribution in [0.4, 0.5) is 0 Å². The van der Waals surface area contributed by atoms with Gasteiger partial charge in [0.05, 0.1) is 12.2 Å². The average Bonchev–Trinajstić information content (AvgIpc) is 3.05. The summed E-state index contributed by atoms with van der Waals surface area (Å²) < 4.78 is 23.5. The Kier molecular flexibility index (Phi) is 13.3. The maximum absolute atomic E-state index is 10.3. The summed E-state index contributed by atoms with van der Waals surface area (Å²) in [5.41, 5.74) is 0. The minimum absolute atomic E-state index is 0.0437. The Morgan fingerprint density at radius 2 is 1.77 bits per heavy atom. The fraction of sp³-hybridized carbons (Fsp3) is 0.923. The van der Waals surface area contributed by atoms with Gasteiger partial charge in [-0.1, -0.05) is 70.4 Å². The third kappa shape index (κ3) is 11.8. The molecule has 5 nitrogen and oxygen atoms in total. The monoisotopic (exact) mass is 440 g/mol. The number of aliphatic hydroxyl groups is 1. The summed E-state index contributed by atoms with van der Waals surface area (Å²) in [6, 6.07) is 0. The van der Waals surface area contributed by atoms with E-state index in [-0.39, 0.29) is 18.5 Å². The van der Waals surface area contributed by atoms with Gasteiger partial charge in [0.2, 0.25) is 0 Å². The van der Waals surface area contributed by atoms with Crippen LogP contribution in [0.25, 0.3) is 0 Å². The lowest BCUT2D eigenvalue weighted by Crippen LogP contribution is -2.22. The fourth-order valence-electron chi connectivity index (χ4n) is 4.40. The van der Waals surface area contributed by atoms with Gasteiger partial charge in [0.15, 0.2) is 12.1 Å². The van der Waals surface area contributed by atoms with Crippen molar-refractivity contribution < 1.29 is 24.1 Å². The van der Waals surface area contributed by atoms with Crippen LogP contribution in [-0.4, -0.2) is 48.7 Å². The van der Waals surface area contributed by atoms with E-state index in [1.54, 1.807) is 0 Å². The molecular formula is C26H48O5. The number of hydrogen-bond donors (Lipinski definition) is 1. The Hall–Kier alpha value is -0.460. The van der Waals surface area contributed by atoms with Crippen LogP contribution in [-0.2, 0) is 18.9 Å². The first-order chi connectivity index (χ1) is 15.0. The molecule has 2 heterocycles. The first-order valence-corrected chi connectivity index (χ1v) is 13.0. The summed E-state index contributed by atoms with van der Waals surface area (Å²) in [6.07, 6.45) is 19.5. The lowest BCUT2D eigenvalue weighted by Gasteiger charge is -2.22. The molecule has 2 fully saturated rings. The van der Waals surface area contributed by atoms with Crippen molar-refractivity contribution in [2.24, 2.45) is 0 Å². The second-order valence-corrected chi connectivity index (χ2v) is 9.66. The first kappa shape index (κ1) is 26.8. The third-order valence-corrected chi connectivity index (χ3v) is 6.17. The molecule has 2 aliphatic heterocycles. The van der Waals surface area contributed by atoms with Crippen LogP contribution in [0.5, 0.6) is 0 Å². The molecule has 0 spiro atoms. The van der Waals surface area contributed by atoms with Crippen molar-refractivity contribution in [3.8, 4) is 0 Å². The number of rotatable bonds is 16. The fourth-order valence-corrected chi connectivity index (χ4v) is 4.40. The molecule has 1 N–H and O–H groups in total. The Morgan fingerprint density at radius 3 is 2.52 bits per heavy atom. The summed E-state index contributed by atoms with van der Waals surface area (Å²) in [5.74, 6) is -0.536. The zero-order valence-corrected chi connectivity index (χ0v) is 20.4. The quantitative estimate of drug-likeness (QED) is 0.226. The maximum atomic E-state index is 10.3. The van der Waals surface area contributed by atoms with E-state index in [1.165, 1.54) is 51.4 Å². The largest absolute Gasteiger partial charge is 0.389 e. The van der Waals surface area contributed by atoms with Gasteiger partial charge < -0.3 is 24.1 Å². The molecule has 2 rings (SSSR count). The Bertz CT molecular complexity index is 472. The van der Waals surface area contributed by atoms with Gasteiger partial charge in [-0.2, -0.15) is 0 Å². The van der Waals surface area contributed by atoms with E-state index in [0.29, 0.717) is 0 Å². The lowest BCUT2D eigenvalue weighted by atomic mass is 10.0. The van der Waals surface area contributed by atoms with Gasteiger partial charge in [0, 0.05) is 13.2 Å². The molecule has 5 heteroatoms. The SMILES string of the molecule is CCCCC[C@@H]1OC(C)(C)O[C@H]1/C=C/[C@@H](O)CCCCCCCCOC1CCCCO1. The van der Waals surface area contributed by atoms with Crippen LogP contribution in [0, 0.1) is 0 Å². The molecule has 1 unspecified atom stereocenters. The highest BCUT2D eigenvalue weighted by Crippen LogP contribution is 2.31. The molecule has 0 aromatic carbocycles. The molecule has 0 saturated carbocycles. The van der Waals surface area contributed by atoms with E-state index in [9.17, 15) is 5.11 Å². The number of aliphatic hydroxyl groups excluding tert-OH is 1. The zero-order chi connectivity index (χ0) is 22.4. The van der Waals surface area contributed by atoms with Crippen molar-refractivity contribution in [1.29, 1.82) is 0 Å². The molecule has 0 aliphatic carbocycles. The number of unbranched alkanes of at least 4 members (excludes halogenated alkanes) is 7. The topological polar surface area (TPSA) is 57.2 Å². The second-order valence-electron chi connectivity index (χ2n) is 9.66. The van der Waals surface area contributed by atoms with Crippen molar-refractivity contribution in [3.05, 3.63) is 12.2 Å². The highest BCUT2D eigenvalue weighted by Gasteiger charge is 2.39. The van der Waals surface area contributed by atoms with E-state index in [4.69, 9.17) is 18.9 Å². The highest BCUT2D eigenvalue weighted by atomic mass is 16.7. The standard InChI is InChI=1S/C26H48O5/c1-4-5-10-16-23-24(31-26(2,3)30-23)19-18-22(27)15-11-8-6-7-9-13-20-28-25-17-12-14-21-29-25/h18-19,22-25,27H,4-17,20-21H2,1-3H3/b19-18+/t22-,23-,24-,25?/m0/s1. The van der Waals surface area contributed by atoms with Crippen LogP contribution in [0.2, 0.25) is 0 Å². The maximum Gasteiger partial charge on any atom is 0.164 e. The summed E-state index contributed by atoms with van der Waals surface area (Å²) in [7, 11) is 0. The van der Waals surface area contributed by atoms with Crippen LogP contribution in [0.3, 0.4) is 0 Å². The van der Waals surface area contributed by atoms with E-state index in [1.807, 2.05) is 26.0 Å². The molecule has 0 amide bonds. The van der Waals surface area contributed by atoms with Gasteiger partial charge in [-0.15, -0.1) is 0 Å². The van der Waals surface area contributed by atoms with Gasteiger partial charge >= 0.3 is 0 Å². The third-order valence-electron chi connectivity index (χ3n) is 6.17. The van der Waals surface area contributed by atoms with E-state index in [0.717, 1.165) is 51.7 Å². The molecular weight excluding hydrogens is 392 g/mol. The zero-order valence-electron chi connectivity index (χ0n) is 20.4. The molecule has 0 radical (unpaired) electrons. The summed E-state index contributed by atoms with van der Waals surface area (Å²) >= 11 is 0. The minimum atomic E-state index is -0.536. The number of hydrogen-bond acceptors (Lipinski definition) is 5. The predicted molar refractivity (Wildman–Crippen MR) is 125 cm³/mol. The summed E-state index contributed by atoms with van der Waals surface area (Å²) in [6.45, 7) is 7.83. The lowest BCUT2D eigenvalue weighted by molar-refractivity contribution is -0.162. The normalized spacial score (nSPS) is 27.2. The molecule has 31 heavy (non-hydrogen) atoms. The highest BCUT2D eigenvalue weighted by molar-refractivity contribution is 5.00. The molecule has 182 valence electrons. The van der Waals surface area contributed by atoms with Gasteiger partial charge in [0.25, 0.3) is 0 Å². The van der Waals surface area contributed by atoms with Gasteiger partial charge in [-0.3, -0.25) is 0 Å². The van der Waals surface area contributed by atoms with Crippen LogP contribution in [0.1, 0.15) is 111 Å². The average molecular weight is 441 g/mol. The van der Waals surface area contributed by atoms with Crippen LogP contribution >= 0.6 is 0 Å². The van der Waals surface area contributed by atoms with E-state index >= 15 is 0 Å². The molecule has 2 aliphatic rings. The summed E-state index contributed by atoms with van der Waals surface area (Å²) in [4.78, 5) is 0. The molecule has 4 atom stereocenters. The minimum Gasteiger partial charge on any atom is -0.389 e. The van der Waals surface area contributed by atoms with Crippen molar-refractivity contribution in [2.45, 2.75) is 141 Å². The molecule has 0 bridgehead atoms. The van der Waals surface area contributed by atoms with Crippen molar-refractivity contribution in [3.63, 3.8) is 0 Å². The van der Waals surface area contributed by atoms with E-state index < -0.39 is 11.9 Å². The molecule has 0 aromatic heterocycles. The van der Waals surface area contributed by atoms with E-state index in [2.05, 4.69) is 6.92 Å². The smallest absolute Gasteiger partial charge is 0.164 e. The van der Waals surface area contributed by atoms with Crippen LogP contribution in [0.15, 0.2) is 12.2 Å². The van der Waals surface area contributed by atoms with Crippen molar-refractivity contribution in [2.75, 3.05) is 13.2 Å². The molecule has 0 aromatic rings. The first-order valence-electron chi connectivity index (χ1n) is 13.0. The Labute approximate surface area is 190 Å². The van der Waals surface area contributed by atoms with Crippen molar-refractivity contribution >= 4 is 0 Å². The predicted octanol–water partition coefficient (Wildman–Crippen LogP) is 6.28. The Morgan fingerprint density at radius 1 is 1.00 bits per heavy atom. The Balaban J connectivity index is 1.48. The summed E-state index contributed by atoms with van der Waals surface area (Å²) in [5, 5.41) is 10.3. The van der Waals surface area contributed by atoms with Gasteiger partial charge in [-0.25, -0.2) is 0 Å². The van der Waals surface area contributed by atoms with Crippen molar-refractivity contribution in [1.82, 2.24) is 0 Å². The van der Waals surface area contributed by atoms with Crippen LogP contribution < -0.4 is 0 Å². The van der Waals surface area contributed by atoms with Gasteiger partial charge in [0.1, 0.15) is 6.10 Å². The number of ether oxygens (including phenoxy) is 4. The second kappa shape index (κ2) is 15.4. The molecule has 2 saturated heterocycles. The van der Waals surface area contributed by atoms with Gasteiger partial charge in [-0.05, 0) is 52.4 Å².